The quantitative estimate of drug-likeness (QED) is 0.600. The van der Waals surface area contributed by atoms with E-state index in [4.69, 9.17) is 16.3 Å². The van der Waals surface area contributed by atoms with Crippen LogP contribution in [0.2, 0.25) is 5.02 Å². The van der Waals surface area contributed by atoms with Crippen LogP contribution in [0.25, 0.3) is 0 Å². The standard InChI is InChI=1S/C17H17ClN2O4/c1-2-9-24-16-8-7-13(18)11-14(16)19-17(21)10-12-5-3-4-6-15(12)20(22)23/h3-8,11H,2,9-10H2,1H3,(H,19,21). The Morgan fingerprint density at radius 3 is 2.75 bits per heavy atom. The minimum absolute atomic E-state index is 0.0822. The highest BCUT2D eigenvalue weighted by Crippen LogP contribution is 2.28. The Kier molecular flexibility index (Phi) is 6.14. The Balaban J connectivity index is 2.15. The highest BCUT2D eigenvalue weighted by atomic mass is 35.5. The number of carbonyl (C=O) groups excluding carboxylic acids is 1. The first kappa shape index (κ1) is 17.7. The molecule has 24 heavy (non-hydrogen) atoms. The van der Waals surface area contributed by atoms with Gasteiger partial charge in [-0.2, -0.15) is 0 Å². The molecule has 126 valence electrons. The molecule has 2 aromatic rings. The van der Waals surface area contributed by atoms with Gasteiger partial charge >= 0.3 is 0 Å². The molecule has 0 aliphatic rings. The van der Waals surface area contributed by atoms with Gasteiger partial charge < -0.3 is 10.1 Å². The van der Waals surface area contributed by atoms with E-state index in [-0.39, 0.29) is 18.0 Å². The van der Waals surface area contributed by atoms with Crippen LogP contribution < -0.4 is 10.1 Å². The lowest BCUT2D eigenvalue weighted by molar-refractivity contribution is -0.385. The third-order valence-corrected chi connectivity index (χ3v) is 3.45. The minimum atomic E-state index is -0.502. The number of rotatable bonds is 7. The number of hydrogen-bond donors (Lipinski definition) is 1. The molecule has 0 aliphatic heterocycles. The Morgan fingerprint density at radius 1 is 1.29 bits per heavy atom. The molecule has 1 N–H and O–H groups in total. The molecule has 0 saturated heterocycles. The molecule has 7 heteroatoms. The van der Waals surface area contributed by atoms with Crippen molar-refractivity contribution in [3.05, 3.63) is 63.2 Å². The van der Waals surface area contributed by atoms with E-state index >= 15 is 0 Å². The van der Waals surface area contributed by atoms with E-state index in [1.165, 1.54) is 6.07 Å². The number of hydrogen-bond acceptors (Lipinski definition) is 4. The van der Waals surface area contributed by atoms with Gasteiger partial charge in [-0.3, -0.25) is 14.9 Å². The normalized spacial score (nSPS) is 10.2. The molecular weight excluding hydrogens is 332 g/mol. The molecule has 6 nitrogen and oxygen atoms in total. The number of nitrogens with zero attached hydrogens (tertiary/aromatic N) is 1. The maximum absolute atomic E-state index is 12.3. The van der Waals surface area contributed by atoms with Crippen molar-refractivity contribution in [1.29, 1.82) is 0 Å². The van der Waals surface area contributed by atoms with Crippen LogP contribution in [0, 0.1) is 10.1 Å². The molecule has 0 radical (unpaired) electrons. The first-order valence-corrected chi connectivity index (χ1v) is 7.83. The smallest absolute Gasteiger partial charge is 0.273 e. The van der Waals surface area contributed by atoms with Crippen LogP contribution in [0.4, 0.5) is 11.4 Å². The summed E-state index contributed by atoms with van der Waals surface area (Å²) in [6.07, 6.45) is 0.711. The third kappa shape index (κ3) is 4.70. The fraction of sp³-hybridized carbons (Fsp3) is 0.235. The van der Waals surface area contributed by atoms with Crippen molar-refractivity contribution in [3.63, 3.8) is 0 Å². The van der Waals surface area contributed by atoms with E-state index in [1.54, 1.807) is 36.4 Å². The molecule has 0 saturated carbocycles. The number of benzene rings is 2. The predicted molar refractivity (Wildman–Crippen MR) is 92.7 cm³/mol. The maximum atomic E-state index is 12.3. The average Bonchev–Trinajstić information content (AvgIpc) is 2.54. The first-order valence-electron chi connectivity index (χ1n) is 7.45. The van der Waals surface area contributed by atoms with Gasteiger partial charge in [0.1, 0.15) is 5.75 Å². The zero-order valence-corrected chi connectivity index (χ0v) is 13.9. The van der Waals surface area contributed by atoms with Crippen molar-refractivity contribution in [2.24, 2.45) is 0 Å². The predicted octanol–water partition coefficient (Wildman–Crippen LogP) is 4.22. The summed E-state index contributed by atoms with van der Waals surface area (Å²) in [5.74, 6) is 0.130. The lowest BCUT2D eigenvalue weighted by Crippen LogP contribution is -2.16. The summed E-state index contributed by atoms with van der Waals surface area (Å²) in [4.78, 5) is 22.8. The van der Waals surface area contributed by atoms with Gasteiger partial charge in [0, 0.05) is 16.7 Å². The second-order valence-electron chi connectivity index (χ2n) is 5.10. The topological polar surface area (TPSA) is 81.5 Å². The van der Waals surface area contributed by atoms with Crippen molar-refractivity contribution < 1.29 is 14.5 Å². The number of nitro benzene ring substituents is 1. The maximum Gasteiger partial charge on any atom is 0.273 e. The minimum Gasteiger partial charge on any atom is -0.491 e. The summed E-state index contributed by atoms with van der Waals surface area (Å²) in [6.45, 7) is 2.48. The lowest BCUT2D eigenvalue weighted by Gasteiger charge is -2.12. The van der Waals surface area contributed by atoms with Gasteiger partial charge in [0.25, 0.3) is 5.69 Å². The molecule has 0 spiro atoms. The van der Waals surface area contributed by atoms with E-state index in [1.807, 2.05) is 6.92 Å². The van der Waals surface area contributed by atoms with Crippen LogP contribution >= 0.6 is 11.6 Å². The molecule has 0 aromatic heterocycles. The number of para-hydroxylation sites is 1. The van der Waals surface area contributed by atoms with Crippen molar-refractivity contribution in [1.82, 2.24) is 0 Å². The van der Waals surface area contributed by atoms with Gasteiger partial charge in [0.2, 0.25) is 5.91 Å². The number of nitrogens with one attached hydrogen (secondary N) is 1. The van der Waals surface area contributed by atoms with E-state index in [2.05, 4.69) is 5.32 Å². The second kappa shape index (κ2) is 8.31. The van der Waals surface area contributed by atoms with Crippen LogP contribution in [0.3, 0.4) is 0 Å². The summed E-state index contributed by atoms with van der Waals surface area (Å²) >= 11 is 5.97. The van der Waals surface area contributed by atoms with Gasteiger partial charge in [-0.25, -0.2) is 0 Å². The Morgan fingerprint density at radius 2 is 2.04 bits per heavy atom. The van der Waals surface area contributed by atoms with Gasteiger partial charge in [0.15, 0.2) is 0 Å². The lowest BCUT2D eigenvalue weighted by atomic mass is 10.1. The molecule has 0 bridgehead atoms. The SMILES string of the molecule is CCCOc1ccc(Cl)cc1NC(=O)Cc1ccccc1[N+](=O)[O-]. The third-order valence-electron chi connectivity index (χ3n) is 3.22. The van der Waals surface area contributed by atoms with Gasteiger partial charge in [-0.15, -0.1) is 0 Å². The molecule has 2 aromatic carbocycles. The van der Waals surface area contributed by atoms with Gasteiger partial charge in [0.05, 0.1) is 23.6 Å². The first-order chi connectivity index (χ1) is 11.5. The fourth-order valence-corrected chi connectivity index (χ4v) is 2.32. The molecule has 0 unspecified atom stereocenters. The van der Waals surface area contributed by atoms with E-state index in [9.17, 15) is 14.9 Å². The van der Waals surface area contributed by atoms with E-state index < -0.39 is 4.92 Å². The van der Waals surface area contributed by atoms with Crippen LogP contribution in [0.5, 0.6) is 5.75 Å². The fourth-order valence-electron chi connectivity index (χ4n) is 2.14. The highest BCUT2D eigenvalue weighted by Gasteiger charge is 2.16. The Hall–Kier alpha value is -2.60. The van der Waals surface area contributed by atoms with Crippen molar-refractivity contribution in [3.8, 4) is 5.75 Å². The monoisotopic (exact) mass is 348 g/mol. The zero-order valence-electron chi connectivity index (χ0n) is 13.1. The number of nitro groups is 1. The molecule has 0 aliphatic carbocycles. The second-order valence-corrected chi connectivity index (χ2v) is 5.54. The highest BCUT2D eigenvalue weighted by molar-refractivity contribution is 6.31. The number of amides is 1. The van der Waals surface area contributed by atoms with Crippen LogP contribution in [0.1, 0.15) is 18.9 Å². The number of halogens is 1. The zero-order chi connectivity index (χ0) is 17.5. The van der Waals surface area contributed by atoms with Crippen molar-refractivity contribution >= 4 is 28.9 Å². The van der Waals surface area contributed by atoms with Crippen molar-refractivity contribution in [2.45, 2.75) is 19.8 Å². The van der Waals surface area contributed by atoms with Gasteiger partial charge in [-0.1, -0.05) is 36.7 Å². The van der Waals surface area contributed by atoms with Gasteiger partial charge in [-0.05, 0) is 24.6 Å². The molecule has 0 fully saturated rings. The number of ether oxygens (including phenoxy) is 1. The average molecular weight is 349 g/mol. The molecular formula is C17H17ClN2O4. The van der Waals surface area contributed by atoms with Crippen molar-refractivity contribution in [2.75, 3.05) is 11.9 Å². The summed E-state index contributed by atoms with van der Waals surface area (Å²) in [5.41, 5.74) is 0.707. The van der Waals surface area contributed by atoms with Crippen LogP contribution in [0.15, 0.2) is 42.5 Å². The Labute approximate surface area is 144 Å². The van der Waals surface area contributed by atoms with E-state index in [0.29, 0.717) is 28.6 Å². The van der Waals surface area contributed by atoms with E-state index in [0.717, 1.165) is 6.42 Å². The molecule has 1 amide bonds. The largest absolute Gasteiger partial charge is 0.491 e. The van der Waals surface area contributed by atoms with Crippen LogP contribution in [-0.2, 0) is 11.2 Å². The summed E-state index contributed by atoms with van der Waals surface area (Å²) in [6, 6.07) is 11.1. The Bertz CT molecular complexity index is 749. The molecule has 0 heterocycles. The molecule has 2 rings (SSSR count). The summed E-state index contributed by atoms with van der Waals surface area (Å²) in [5, 5.41) is 14.2. The number of anilines is 1. The summed E-state index contributed by atoms with van der Waals surface area (Å²) < 4.78 is 5.57. The summed E-state index contributed by atoms with van der Waals surface area (Å²) in [7, 11) is 0. The van der Waals surface area contributed by atoms with Crippen LogP contribution in [-0.4, -0.2) is 17.4 Å². The molecule has 0 atom stereocenters. The number of carbonyl (C=O) groups is 1.